The molecule has 1 heterocycles. The lowest BCUT2D eigenvalue weighted by atomic mass is 9.94. The summed E-state index contributed by atoms with van der Waals surface area (Å²) in [6.45, 7) is 7.11. The van der Waals surface area contributed by atoms with Gasteiger partial charge in [-0.15, -0.1) is 0 Å². The summed E-state index contributed by atoms with van der Waals surface area (Å²) in [4.78, 5) is 5.22. The van der Waals surface area contributed by atoms with Crippen LogP contribution in [0, 0.1) is 5.92 Å². The number of methoxy groups -OCH3 is 1. The van der Waals surface area contributed by atoms with Crippen LogP contribution in [0.25, 0.3) is 0 Å². The van der Waals surface area contributed by atoms with Crippen LogP contribution >= 0.6 is 0 Å². The number of nitrogens with zero attached hydrogens (tertiary/aromatic N) is 2. The van der Waals surface area contributed by atoms with Crippen LogP contribution in [-0.2, 0) is 6.54 Å². The van der Waals surface area contributed by atoms with E-state index in [1.54, 1.807) is 7.11 Å². The first-order chi connectivity index (χ1) is 10.8. The molecule has 1 atom stereocenters. The van der Waals surface area contributed by atoms with E-state index in [0.29, 0.717) is 0 Å². The quantitative estimate of drug-likeness (QED) is 0.777. The Kier molecular flexibility index (Phi) is 5.52. The zero-order valence-corrected chi connectivity index (χ0v) is 13.7. The topological polar surface area (TPSA) is 15.7 Å². The number of rotatable bonds is 5. The summed E-state index contributed by atoms with van der Waals surface area (Å²) < 4.78 is 5.31. The molecule has 0 radical (unpaired) electrons. The largest absolute Gasteiger partial charge is 0.497 e. The monoisotopic (exact) mass is 300 g/mol. The Morgan fingerprint density at radius 1 is 1.09 bits per heavy atom. The van der Waals surface area contributed by atoms with Crippen molar-refractivity contribution in [3.63, 3.8) is 0 Å². The van der Waals surface area contributed by atoms with Gasteiger partial charge in [0.25, 0.3) is 0 Å². The third-order valence-corrected chi connectivity index (χ3v) is 4.90. The predicted octanol–water partition coefficient (Wildman–Crippen LogP) is 3.17. The van der Waals surface area contributed by atoms with Crippen molar-refractivity contribution < 1.29 is 4.74 Å². The summed E-state index contributed by atoms with van der Waals surface area (Å²) in [5, 5.41) is 0. The second-order valence-corrected chi connectivity index (χ2v) is 6.58. The van der Waals surface area contributed by atoms with Crippen molar-refractivity contribution in [1.29, 1.82) is 0 Å². The average molecular weight is 300 g/mol. The fourth-order valence-electron chi connectivity index (χ4n) is 3.55. The minimum Gasteiger partial charge on any atom is -0.497 e. The molecule has 0 unspecified atom stereocenters. The number of benzene rings is 1. The number of hydrogen-bond donors (Lipinski definition) is 0. The molecule has 120 valence electrons. The second kappa shape index (κ2) is 7.80. The van der Waals surface area contributed by atoms with Gasteiger partial charge in [0.15, 0.2) is 0 Å². The summed E-state index contributed by atoms with van der Waals surface area (Å²) in [5.41, 5.74) is 1.35. The van der Waals surface area contributed by atoms with E-state index in [1.807, 2.05) is 6.07 Å². The van der Waals surface area contributed by atoms with Gasteiger partial charge in [-0.05, 0) is 42.9 Å². The highest BCUT2D eigenvalue weighted by Crippen LogP contribution is 2.20. The molecule has 0 aromatic heterocycles. The van der Waals surface area contributed by atoms with Gasteiger partial charge in [0, 0.05) is 39.3 Å². The van der Waals surface area contributed by atoms with Crippen LogP contribution in [0.15, 0.2) is 36.4 Å². The summed E-state index contributed by atoms with van der Waals surface area (Å²) in [6.07, 6.45) is 8.64. The molecular weight excluding hydrogens is 272 g/mol. The third kappa shape index (κ3) is 4.34. The maximum atomic E-state index is 5.31. The van der Waals surface area contributed by atoms with E-state index >= 15 is 0 Å². The normalized spacial score (nSPS) is 23.6. The Morgan fingerprint density at radius 2 is 1.91 bits per heavy atom. The molecule has 0 spiro atoms. The second-order valence-electron chi connectivity index (χ2n) is 6.58. The Bertz CT molecular complexity index is 492. The summed E-state index contributed by atoms with van der Waals surface area (Å²) in [6, 6.07) is 8.45. The SMILES string of the molecule is COc1cccc(CN2CCN(C[C@@H]3CC=CCC3)CC2)c1. The highest BCUT2D eigenvalue weighted by molar-refractivity contribution is 5.28. The van der Waals surface area contributed by atoms with Crippen LogP contribution in [0.5, 0.6) is 5.75 Å². The van der Waals surface area contributed by atoms with Crippen molar-refractivity contribution in [2.75, 3.05) is 39.8 Å². The molecule has 1 aromatic rings. The van der Waals surface area contributed by atoms with Gasteiger partial charge >= 0.3 is 0 Å². The molecule has 0 saturated carbocycles. The lowest BCUT2D eigenvalue weighted by molar-refractivity contribution is 0.111. The van der Waals surface area contributed by atoms with E-state index in [2.05, 4.69) is 40.2 Å². The van der Waals surface area contributed by atoms with Gasteiger partial charge in [-0.3, -0.25) is 4.90 Å². The molecule has 1 aliphatic carbocycles. The summed E-state index contributed by atoms with van der Waals surface area (Å²) in [5.74, 6) is 1.84. The molecule has 1 aliphatic heterocycles. The Labute approximate surface area is 134 Å². The molecule has 22 heavy (non-hydrogen) atoms. The molecule has 3 nitrogen and oxygen atoms in total. The van der Waals surface area contributed by atoms with E-state index in [4.69, 9.17) is 4.74 Å². The van der Waals surface area contributed by atoms with Crippen LogP contribution in [0.4, 0.5) is 0 Å². The van der Waals surface area contributed by atoms with Crippen LogP contribution in [0.1, 0.15) is 24.8 Å². The third-order valence-electron chi connectivity index (χ3n) is 4.90. The maximum Gasteiger partial charge on any atom is 0.119 e. The van der Waals surface area contributed by atoms with Crippen molar-refractivity contribution in [3.05, 3.63) is 42.0 Å². The standard InChI is InChI=1S/C19H28N2O/c1-22-19-9-5-8-18(14-19)16-21-12-10-20(11-13-21)15-17-6-3-2-4-7-17/h2-3,5,8-9,14,17H,4,6-7,10-13,15-16H2,1H3/t17-/m1/s1. The molecular formula is C19H28N2O. The first-order valence-corrected chi connectivity index (χ1v) is 8.56. The first-order valence-electron chi connectivity index (χ1n) is 8.56. The summed E-state index contributed by atoms with van der Waals surface area (Å²) >= 11 is 0. The minimum atomic E-state index is 0.884. The van der Waals surface area contributed by atoms with Gasteiger partial charge in [-0.1, -0.05) is 24.3 Å². The lowest BCUT2D eigenvalue weighted by Gasteiger charge is -2.36. The average Bonchev–Trinajstić information content (AvgIpc) is 2.58. The molecule has 3 rings (SSSR count). The van der Waals surface area contributed by atoms with E-state index in [0.717, 1.165) is 18.2 Å². The maximum absolute atomic E-state index is 5.31. The Balaban J connectivity index is 1.44. The molecule has 1 aromatic carbocycles. The van der Waals surface area contributed by atoms with Crippen molar-refractivity contribution in [1.82, 2.24) is 9.80 Å². The zero-order chi connectivity index (χ0) is 15.2. The van der Waals surface area contributed by atoms with Crippen molar-refractivity contribution >= 4 is 0 Å². The Morgan fingerprint density at radius 3 is 2.64 bits per heavy atom. The van der Waals surface area contributed by atoms with Crippen molar-refractivity contribution in [2.24, 2.45) is 5.92 Å². The highest BCUT2D eigenvalue weighted by Gasteiger charge is 2.20. The molecule has 1 saturated heterocycles. The predicted molar refractivity (Wildman–Crippen MR) is 91.2 cm³/mol. The lowest BCUT2D eigenvalue weighted by Crippen LogP contribution is -2.47. The number of piperazine rings is 1. The van der Waals surface area contributed by atoms with Gasteiger partial charge in [0.1, 0.15) is 5.75 Å². The van der Waals surface area contributed by atoms with Crippen molar-refractivity contribution in [3.8, 4) is 5.75 Å². The van der Waals surface area contributed by atoms with Gasteiger partial charge in [0.05, 0.1) is 7.11 Å². The van der Waals surface area contributed by atoms with Crippen LogP contribution in [-0.4, -0.2) is 49.6 Å². The van der Waals surface area contributed by atoms with Crippen LogP contribution in [0.3, 0.4) is 0 Å². The van der Waals surface area contributed by atoms with Gasteiger partial charge < -0.3 is 9.64 Å². The van der Waals surface area contributed by atoms with E-state index in [-0.39, 0.29) is 0 Å². The van der Waals surface area contributed by atoms with E-state index in [9.17, 15) is 0 Å². The van der Waals surface area contributed by atoms with Crippen LogP contribution < -0.4 is 4.74 Å². The molecule has 1 fully saturated rings. The minimum absolute atomic E-state index is 0.884. The van der Waals surface area contributed by atoms with Gasteiger partial charge in [-0.25, -0.2) is 0 Å². The highest BCUT2D eigenvalue weighted by atomic mass is 16.5. The fraction of sp³-hybridized carbons (Fsp3) is 0.579. The van der Waals surface area contributed by atoms with Crippen molar-refractivity contribution in [2.45, 2.75) is 25.8 Å². The van der Waals surface area contributed by atoms with Crippen LogP contribution in [0.2, 0.25) is 0 Å². The van der Waals surface area contributed by atoms with E-state index in [1.165, 1.54) is 57.5 Å². The zero-order valence-electron chi connectivity index (χ0n) is 13.7. The molecule has 0 N–H and O–H groups in total. The van der Waals surface area contributed by atoms with Gasteiger partial charge in [0.2, 0.25) is 0 Å². The molecule has 0 amide bonds. The smallest absolute Gasteiger partial charge is 0.119 e. The number of allylic oxidation sites excluding steroid dienone is 2. The molecule has 0 bridgehead atoms. The molecule has 2 aliphatic rings. The number of hydrogen-bond acceptors (Lipinski definition) is 3. The first kappa shape index (κ1) is 15.6. The van der Waals surface area contributed by atoms with Gasteiger partial charge in [-0.2, -0.15) is 0 Å². The fourth-order valence-corrected chi connectivity index (χ4v) is 3.55. The van der Waals surface area contributed by atoms with E-state index < -0.39 is 0 Å². The Hall–Kier alpha value is -1.32. The molecule has 3 heteroatoms. The summed E-state index contributed by atoms with van der Waals surface area (Å²) in [7, 11) is 1.73. The number of ether oxygens (including phenoxy) is 1.